The van der Waals surface area contributed by atoms with Crippen LogP contribution >= 0.6 is 0 Å². The van der Waals surface area contributed by atoms with Crippen LogP contribution in [0, 0.1) is 0 Å². The number of aromatic nitrogens is 3. The van der Waals surface area contributed by atoms with Crippen LogP contribution in [0.25, 0.3) is 11.5 Å². The number of hydrogen-bond acceptors (Lipinski definition) is 6. The number of piperazine rings is 1. The topological polar surface area (TPSA) is 75.4 Å². The molecule has 1 fully saturated rings. The van der Waals surface area contributed by atoms with Crippen molar-refractivity contribution in [1.82, 2.24) is 24.9 Å². The lowest BCUT2D eigenvalue weighted by Crippen LogP contribution is -2.50. The molecule has 0 unspecified atom stereocenters. The van der Waals surface area contributed by atoms with Gasteiger partial charge in [-0.1, -0.05) is 11.2 Å². The van der Waals surface area contributed by atoms with Gasteiger partial charge in [0.05, 0.1) is 0 Å². The summed E-state index contributed by atoms with van der Waals surface area (Å²) in [6.45, 7) is 7.83. The van der Waals surface area contributed by atoms with Crippen molar-refractivity contribution in [3.8, 4) is 11.5 Å². The molecule has 0 bridgehead atoms. The van der Waals surface area contributed by atoms with Crippen LogP contribution in [0.5, 0.6) is 0 Å². The fraction of sp³-hybridized carbons (Fsp3) is 0.529. The van der Waals surface area contributed by atoms with Gasteiger partial charge in [-0.15, -0.1) is 0 Å². The standard InChI is InChI=1S/C17H23N5O2/c1-13(2)21-9-11-22(12-10-21)16(23)7-6-15-19-17(20-24-15)14-5-3-4-8-18-14/h3-5,8,13H,6-7,9-12H2,1-2H3. The first kappa shape index (κ1) is 16.6. The van der Waals surface area contributed by atoms with Gasteiger partial charge in [-0.3, -0.25) is 14.7 Å². The Morgan fingerprint density at radius 3 is 2.71 bits per heavy atom. The van der Waals surface area contributed by atoms with Crippen molar-refractivity contribution in [2.45, 2.75) is 32.7 Å². The van der Waals surface area contributed by atoms with Crippen molar-refractivity contribution in [3.63, 3.8) is 0 Å². The average molecular weight is 329 g/mol. The fourth-order valence-corrected chi connectivity index (χ4v) is 2.82. The summed E-state index contributed by atoms with van der Waals surface area (Å²) in [6, 6.07) is 6.07. The molecule has 1 aliphatic heterocycles. The van der Waals surface area contributed by atoms with Crippen molar-refractivity contribution in [2.24, 2.45) is 0 Å². The third-order valence-corrected chi connectivity index (χ3v) is 4.31. The van der Waals surface area contributed by atoms with Gasteiger partial charge in [0, 0.05) is 51.3 Å². The van der Waals surface area contributed by atoms with E-state index in [-0.39, 0.29) is 5.91 Å². The van der Waals surface area contributed by atoms with Crippen LogP contribution in [0.3, 0.4) is 0 Å². The molecule has 1 saturated heterocycles. The number of aryl methyl sites for hydroxylation is 1. The van der Waals surface area contributed by atoms with Gasteiger partial charge >= 0.3 is 0 Å². The monoisotopic (exact) mass is 329 g/mol. The van der Waals surface area contributed by atoms with Crippen LogP contribution in [0.2, 0.25) is 0 Å². The van der Waals surface area contributed by atoms with Crippen molar-refractivity contribution < 1.29 is 9.32 Å². The summed E-state index contributed by atoms with van der Waals surface area (Å²) in [6.07, 6.45) is 2.54. The highest BCUT2D eigenvalue weighted by atomic mass is 16.5. The zero-order valence-electron chi connectivity index (χ0n) is 14.2. The Balaban J connectivity index is 1.50. The van der Waals surface area contributed by atoms with Gasteiger partial charge in [0.15, 0.2) is 0 Å². The van der Waals surface area contributed by atoms with E-state index in [9.17, 15) is 4.79 Å². The quantitative estimate of drug-likeness (QED) is 0.830. The molecule has 1 aliphatic rings. The number of rotatable bonds is 5. The van der Waals surface area contributed by atoms with E-state index >= 15 is 0 Å². The molecule has 2 aromatic heterocycles. The van der Waals surface area contributed by atoms with Gasteiger partial charge in [0.25, 0.3) is 0 Å². The minimum Gasteiger partial charge on any atom is -0.340 e. The molecule has 3 heterocycles. The minimum atomic E-state index is 0.149. The molecule has 24 heavy (non-hydrogen) atoms. The molecule has 3 rings (SSSR count). The molecule has 0 radical (unpaired) electrons. The maximum Gasteiger partial charge on any atom is 0.227 e. The first-order valence-corrected chi connectivity index (χ1v) is 8.39. The first-order chi connectivity index (χ1) is 11.6. The number of carbonyl (C=O) groups is 1. The largest absolute Gasteiger partial charge is 0.340 e. The molecule has 7 nitrogen and oxygen atoms in total. The van der Waals surface area contributed by atoms with Crippen LogP contribution in [0.4, 0.5) is 0 Å². The summed E-state index contributed by atoms with van der Waals surface area (Å²) in [7, 11) is 0. The lowest BCUT2D eigenvalue weighted by molar-refractivity contribution is -0.133. The number of nitrogens with zero attached hydrogens (tertiary/aromatic N) is 5. The Morgan fingerprint density at radius 2 is 2.04 bits per heavy atom. The summed E-state index contributed by atoms with van der Waals surface area (Å²) in [5.41, 5.74) is 0.670. The summed E-state index contributed by atoms with van der Waals surface area (Å²) >= 11 is 0. The average Bonchev–Trinajstić information content (AvgIpc) is 3.09. The Bertz CT molecular complexity index is 663. The lowest BCUT2D eigenvalue weighted by atomic mass is 10.2. The summed E-state index contributed by atoms with van der Waals surface area (Å²) in [4.78, 5) is 25.1. The maximum atomic E-state index is 12.3. The second-order valence-electron chi connectivity index (χ2n) is 6.24. The van der Waals surface area contributed by atoms with Gasteiger partial charge in [-0.25, -0.2) is 0 Å². The Hall–Kier alpha value is -2.28. The molecule has 0 N–H and O–H groups in total. The number of hydrogen-bond donors (Lipinski definition) is 0. The highest BCUT2D eigenvalue weighted by Gasteiger charge is 2.22. The molecule has 0 aliphatic carbocycles. The zero-order valence-corrected chi connectivity index (χ0v) is 14.2. The summed E-state index contributed by atoms with van der Waals surface area (Å²) in [5, 5.41) is 3.93. The number of amides is 1. The number of pyridine rings is 1. The van der Waals surface area contributed by atoms with E-state index in [2.05, 4.69) is 33.9 Å². The molecule has 1 amide bonds. The van der Waals surface area contributed by atoms with Crippen LogP contribution in [-0.2, 0) is 11.2 Å². The maximum absolute atomic E-state index is 12.3. The van der Waals surface area contributed by atoms with E-state index in [1.165, 1.54) is 0 Å². The van der Waals surface area contributed by atoms with E-state index in [1.807, 2.05) is 23.1 Å². The molecular weight excluding hydrogens is 306 g/mol. The van der Waals surface area contributed by atoms with Crippen molar-refractivity contribution in [1.29, 1.82) is 0 Å². The van der Waals surface area contributed by atoms with Crippen LogP contribution < -0.4 is 0 Å². The van der Waals surface area contributed by atoms with Crippen molar-refractivity contribution in [2.75, 3.05) is 26.2 Å². The normalized spacial score (nSPS) is 15.9. The van der Waals surface area contributed by atoms with Crippen molar-refractivity contribution in [3.05, 3.63) is 30.3 Å². The van der Waals surface area contributed by atoms with Gasteiger partial charge in [-0.05, 0) is 26.0 Å². The minimum absolute atomic E-state index is 0.149. The fourth-order valence-electron chi connectivity index (χ4n) is 2.82. The smallest absolute Gasteiger partial charge is 0.227 e. The molecular formula is C17H23N5O2. The van der Waals surface area contributed by atoms with E-state index in [4.69, 9.17) is 4.52 Å². The van der Waals surface area contributed by atoms with E-state index in [1.54, 1.807) is 6.20 Å². The highest BCUT2D eigenvalue weighted by molar-refractivity contribution is 5.76. The molecule has 0 aromatic carbocycles. The summed E-state index contributed by atoms with van der Waals surface area (Å²) < 4.78 is 5.23. The first-order valence-electron chi connectivity index (χ1n) is 8.39. The molecule has 0 spiro atoms. The predicted octanol–water partition coefficient (Wildman–Crippen LogP) is 1.62. The molecule has 7 heteroatoms. The Labute approximate surface area is 141 Å². The van der Waals surface area contributed by atoms with Gasteiger partial charge in [0.2, 0.25) is 17.6 Å². The molecule has 128 valence electrons. The van der Waals surface area contributed by atoms with E-state index in [0.29, 0.717) is 36.3 Å². The van der Waals surface area contributed by atoms with E-state index < -0.39 is 0 Å². The van der Waals surface area contributed by atoms with Gasteiger partial charge < -0.3 is 9.42 Å². The van der Waals surface area contributed by atoms with Crippen LogP contribution in [0.15, 0.2) is 28.9 Å². The highest BCUT2D eigenvalue weighted by Crippen LogP contribution is 2.13. The van der Waals surface area contributed by atoms with Gasteiger partial charge in [-0.2, -0.15) is 4.98 Å². The number of carbonyl (C=O) groups excluding carboxylic acids is 1. The zero-order chi connectivity index (χ0) is 16.9. The van der Waals surface area contributed by atoms with Crippen LogP contribution in [0.1, 0.15) is 26.2 Å². The molecule has 2 aromatic rings. The molecule has 0 atom stereocenters. The van der Waals surface area contributed by atoms with Gasteiger partial charge in [0.1, 0.15) is 5.69 Å². The van der Waals surface area contributed by atoms with E-state index in [0.717, 1.165) is 26.2 Å². The molecule has 0 saturated carbocycles. The Kier molecular flexibility index (Phi) is 5.20. The third kappa shape index (κ3) is 3.97. The van der Waals surface area contributed by atoms with Crippen molar-refractivity contribution >= 4 is 5.91 Å². The predicted molar refractivity (Wildman–Crippen MR) is 89.1 cm³/mol. The SMILES string of the molecule is CC(C)N1CCN(C(=O)CCc2nc(-c3ccccn3)no2)CC1. The summed E-state index contributed by atoms with van der Waals surface area (Å²) in [5.74, 6) is 1.09. The lowest BCUT2D eigenvalue weighted by Gasteiger charge is -2.36. The Morgan fingerprint density at radius 1 is 1.25 bits per heavy atom. The second-order valence-corrected chi connectivity index (χ2v) is 6.24. The van der Waals surface area contributed by atoms with Crippen LogP contribution in [-0.4, -0.2) is 63.1 Å². The second kappa shape index (κ2) is 7.53. The third-order valence-electron chi connectivity index (χ3n) is 4.31.